The van der Waals surface area contributed by atoms with Gasteiger partial charge in [0.2, 0.25) is 11.8 Å². The lowest BCUT2D eigenvalue weighted by atomic mass is 9.59. The van der Waals surface area contributed by atoms with Crippen molar-refractivity contribution in [1.29, 1.82) is 0 Å². The van der Waals surface area contributed by atoms with Gasteiger partial charge in [0.05, 0.1) is 6.04 Å². The van der Waals surface area contributed by atoms with Crippen LogP contribution >= 0.6 is 23.2 Å². The van der Waals surface area contributed by atoms with E-state index in [0.717, 1.165) is 43.6 Å². The van der Waals surface area contributed by atoms with E-state index in [4.69, 9.17) is 34.4 Å². The number of benzene rings is 3. The van der Waals surface area contributed by atoms with Crippen molar-refractivity contribution >= 4 is 40.7 Å². The lowest BCUT2D eigenvalue weighted by molar-refractivity contribution is -0.131. The molecule has 210 valence electrons. The summed E-state index contributed by atoms with van der Waals surface area (Å²) in [5.74, 6) is 2.42. The molecule has 3 unspecified atom stereocenters. The Hall–Kier alpha value is -3.50. The van der Waals surface area contributed by atoms with Crippen molar-refractivity contribution in [2.45, 2.75) is 49.7 Å². The van der Waals surface area contributed by atoms with Crippen molar-refractivity contribution in [3.05, 3.63) is 93.0 Å². The standard InChI is InChI=1S/C33H31Cl2N3O3/c1-3-20-8-11-29(41-24-12-14-38(4-2)15-13-24)25(16-20)31-33(26-10-9-23(35)18-28(26)36-32(33)40)27(19-30(39)37-31)21-6-5-7-22(34)17-21/h1,5-11,16-18,24,27,31H,4,12-15,19H2,2H3,(H,36,40)(H,37,39). The molecule has 2 N–H and O–H groups in total. The summed E-state index contributed by atoms with van der Waals surface area (Å²) in [6.45, 7) is 5.08. The number of carbonyl (C=O) groups excluding carboxylic acids is 2. The molecule has 6 nitrogen and oxygen atoms in total. The highest BCUT2D eigenvalue weighted by atomic mass is 35.5. The third-order valence-electron chi connectivity index (χ3n) is 8.76. The predicted molar refractivity (Wildman–Crippen MR) is 162 cm³/mol. The van der Waals surface area contributed by atoms with Gasteiger partial charge in [0, 0.05) is 52.3 Å². The Morgan fingerprint density at radius 2 is 1.83 bits per heavy atom. The van der Waals surface area contributed by atoms with E-state index < -0.39 is 17.4 Å². The van der Waals surface area contributed by atoms with Crippen LogP contribution in [0, 0.1) is 12.3 Å². The highest BCUT2D eigenvalue weighted by Gasteiger charge is 2.61. The molecule has 0 radical (unpaired) electrons. The first-order chi connectivity index (χ1) is 19.8. The van der Waals surface area contributed by atoms with Gasteiger partial charge in [-0.1, -0.05) is 54.2 Å². The number of nitrogens with one attached hydrogen (secondary N) is 2. The number of nitrogens with zero attached hydrogens (tertiary/aromatic N) is 1. The number of piperidine rings is 2. The van der Waals surface area contributed by atoms with E-state index in [0.29, 0.717) is 32.6 Å². The topological polar surface area (TPSA) is 70.7 Å². The summed E-state index contributed by atoms with van der Waals surface area (Å²) in [4.78, 5) is 30.2. The number of amides is 2. The van der Waals surface area contributed by atoms with Crippen molar-refractivity contribution in [2.24, 2.45) is 0 Å². The second-order valence-corrected chi connectivity index (χ2v) is 11.8. The number of terminal acetylenes is 1. The Kier molecular flexibility index (Phi) is 7.46. The van der Waals surface area contributed by atoms with Crippen LogP contribution in [0.15, 0.2) is 60.7 Å². The highest BCUT2D eigenvalue weighted by molar-refractivity contribution is 6.31. The van der Waals surface area contributed by atoms with Gasteiger partial charge >= 0.3 is 0 Å². The third kappa shape index (κ3) is 4.86. The van der Waals surface area contributed by atoms with Crippen molar-refractivity contribution in [2.75, 3.05) is 25.0 Å². The molecule has 6 rings (SSSR count). The number of hydrogen-bond donors (Lipinski definition) is 2. The summed E-state index contributed by atoms with van der Waals surface area (Å²) in [6, 6.07) is 17.6. The zero-order valence-corrected chi connectivity index (χ0v) is 24.3. The maximum absolute atomic E-state index is 14.4. The zero-order chi connectivity index (χ0) is 28.7. The van der Waals surface area contributed by atoms with Crippen LogP contribution in [0.2, 0.25) is 10.0 Å². The average molecular weight is 589 g/mol. The maximum Gasteiger partial charge on any atom is 0.238 e. The quantitative estimate of drug-likeness (QED) is 0.355. The van der Waals surface area contributed by atoms with Crippen molar-refractivity contribution in [1.82, 2.24) is 10.2 Å². The van der Waals surface area contributed by atoms with Gasteiger partial charge in [-0.2, -0.15) is 0 Å². The van der Waals surface area contributed by atoms with Crippen LogP contribution in [0.3, 0.4) is 0 Å². The second kappa shape index (κ2) is 11.1. The molecular formula is C33H31Cl2N3O3. The zero-order valence-electron chi connectivity index (χ0n) is 22.8. The fourth-order valence-corrected chi connectivity index (χ4v) is 7.13. The van der Waals surface area contributed by atoms with Gasteiger partial charge in [0.1, 0.15) is 17.3 Å². The number of ether oxygens (including phenoxy) is 1. The average Bonchev–Trinajstić information content (AvgIpc) is 3.25. The third-order valence-corrected chi connectivity index (χ3v) is 9.24. The first-order valence-electron chi connectivity index (χ1n) is 14.0. The molecule has 3 aliphatic rings. The first kappa shape index (κ1) is 27.7. The largest absolute Gasteiger partial charge is 0.490 e. The molecule has 3 aromatic carbocycles. The molecule has 0 bridgehead atoms. The van der Waals surface area contributed by atoms with Crippen LogP contribution in [0.4, 0.5) is 5.69 Å². The maximum atomic E-state index is 14.4. The minimum Gasteiger partial charge on any atom is -0.490 e. The van der Waals surface area contributed by atoms with Gasteiger partial charge in [-0.15, -0.1) is 6.42 Å². The molecule has 0 aliphatic carbocycles. The summed E-state index contributed by atoms with van der Waals surface area (Å²) in [5, 5.41) is 7.30. The van der Waals surface area contributed by atoms with Crippen LogP contribution in [-0.2, 0) is 15.0 Å². The van der Waals surface area contributed by atoms with Crippen molar-refractivity contribution < 1.29 is 14.3 Å². The van der Waals surface area contributed by atoms with Gasteiger partial charge in [-0.05, 0) is 73.0 Å². The summed E-state index contributed by atoms with van der Waals surface area (Å²) >= 11 is 12.8. The molecule has 3 aliphatic heterocycles. The summed E-state index contributed by atoms with van der Waals surface area (Å²) in [5.41, 5.74) is 2.29. The molecule has 1 spiro atoms. The number of anilines is 1. The fraction of sp³-hybridized carbons (Fsp3) is 0.333. The molecule has 41 heavy (non-hydrogen) atoms. The van der Waals surface area contributed by atoms with E-state index in [1.54, 1.807) is 18.2 Å². The Morgan fingerprint density at radius 1 is 1.05 bits per heavy atom. The van der Waals surface area contributed by atoms with Gasteiger partial charge in [-0.3, -0.25) is 9.59 Å². The number of halogens is 2. The lowest BCUT2D eigenvalue weighted by Crippen LogP contribution is -2.57. The van der Waals surface area contributed by atoms with Gasteiger partial charge in [0.15, 0.2) is 0 Å². The van der Waals surface area contributed by atoms with E-state index >= 15 is 0 Å². The molecular weight excluding hydrogens is 557 g/mol. The Bertz CT molecular complexity index is 1560. The predicted octanol–water partition coefficient (Wildman–Crippen LogP) is 6.07. The molecule has 3 aromatic rings. The molecule has 2 amide bonds. The highest BCUT2D eigenvalue weighted by Crippen LogP contribution is 2.58. The van der Waals surface area contributed by atoms with Crippen LogP contribution in [-0.4, -0.2) is 42.5 Å². The van der Waals surface area contributed by atoms with E-state index in [1.807, 2.05) is 42.5 Å². The monoisotopic (exact) mass is 587 g/mol. The van der Waals surface area contributed by atoms with Crippen molar-refractivity contribution in [3.8, 4) is 18.1 Å². The van der Waals surface area contributed by atoms with Crippen LogP contribution in [0.25, 0.3) is 0 Å². The Labute approximate surface area is 250 Å². The van der Waals surface area contributed by atoms with Crippen LogP contribution < -0.4 is 15.4 Å². The van der Waals surface area contributed by atoms with E-state index in [2.05, 4.69) is 28.4 Å². The molecule has 3 atom stereocenters. The summed E-state index contributed by atoms with van der Waals surface area (Å²) in [7, 11) is 0. The van der Waals surface area contributed by atoms with E-state index in [1.165, 1.54) is 0 Å². The normalized spacial score (nSPS) is 24.4. The van der Waals surface area contributed by atoms with E-state index in [9.17, 15) is 9.59 Å². The van der Waals surface area contributed by atoms with Crippen LogP contribution in [0.1, 0.15) is 60.4 Å². The number of rotatable bonds is 5. The molecule has 3 heterocycles. The number of hydrogen-bond acceptors (Lipinski definition) is 4. The number of carbonyl (C=O) groups is 2. The lowest BCUT2D eigenvalue weighted by Gasteiger charge is -2.47. The molecule has 8 heteroatoms. The Balaban J connectivity index is 1.54. The van der Waals surface area contributed by atoms with Gasteiger partial charge in [-0.25, -0.2) is 0 Å². The second-order valence-electron chi connectivity index (χ2n) is 11.0. The number of fused-ring (bicyclic) bond motifs is 2. The van der Waals surface area contributed by atoms with E-state index in [-0.39, 0.29) is 24.3 Å². The SMILES string of the molecule is C#Cc1ccc(OC2CCN(CC)CC2)c(C2NC(=O)CC(c3cccc(Cl)c3)C23C(=O)Nc2cc(Cl)ccc23)c1. The first-order valence-corrected chi connectivity index (χ1v) is 14.7. The van der Waals surface area contributed by atoms with Crippen LogP contribution in [0.5, 0.6) is 5.75 Å². The molecule has 2 saturated heterocycles. The smallest absolute Gasteiger partial charge is 0.238 e. The van der Waals surface area contributed by atoms with Gasteiger partial charge < -0.3 is 20.3 Å². The molecule has 0 aromatic heterocycles. The molecule has 2 fully saturated rings. The fourth-order valence-electron chi connectivity index (χ4n) is 6.76. The number of likely N-dealkylation sites (tertiary alicyclic amines) is 1. The van der Waals surface area contributed by atoms with Gasteiger partial charge in [0.25, 0.3) is 0 Å². The minimum atomic E-state index is -1.21. The summed E-state index contributed by atoms with van der Waals surface area (Å²) < 4.78 is 6.65. The summed E-state index contributed by atoms with van der Waals surface area (Å²) in [6.07, 6.45) is 7.74. The molecule has 0 saturated carbocycles. The Morgan fingerprint density at radius 3 is 2.56 bits per heavy atom. The van der Waals surface area contributed by atoms with Crippen molar-refractivity contribution in [3.63, 3.8) is 0 Å². The minimum absolute atomic E-state index is 0.00991.